The molecule has 0 radical (unpaired) electrons. The lowest BCUT2D eigenvalue weighted by atomic mass is 9.85. The summed E-state index contributed by atoms with van der Waals surface area (Å²) in [5.41, 5.74) is 6.75. The monoisotopic (exact) mass is 378 g/mol. The number of rotatable bonds is 5. The molecule has 1 saturated carbocycles. The second-order valence-corrected chi connectivity index (χ2v) is 5.25. The molecule has 0 amide bonds. The summed E-state index contributed by atoms with van der Waals surface area (Å²) in [5, 5.41) is 7.13. The molecule has 1 aromatic heterocycles. The van der Waals surface area contributed by atoms with E-state index in [-0.39, 0.29) is 24.0 Å². The van der Waals surface area contributed by atoms with Crippen molar-refractivity contribution in [2.24, 2.45) is 16.6 Å². The first kappa shape index (κ1) is 16.3. The van der Waals surface area contributed by atoms with Gasteiger partial charge in [-0.25, -0.2) is 4.99 Å². The molecule has 0 atom stereocenters. The highest BCUT2D eigenvalue weighted by Gasteiger charge is 2.16. The Morgan fingerprint density at radius 3 is 2.84 bits per heavy atom. The van der Waals surface area contributed by atoms with Gasteiger partial charge in [-0.15, -0.1) is 24.0 Å². The van der Waals surface area contributed by atoms with Gasteiger partial charge < -0.3 is 15.6 Å². The van der Waals surface area contributed by atoms with Crippen LogP contribution in [0.1, 0.15) is 50.5 Å². The third-order valence-corrected chi connectivity index (χ3v) is 3.37. The number of guanidine groups is 1. The Kier molecular flexibility index (Phi) is 6.60. The molecule has 1 heterocycles. The molecule has 1 aromatic rings. The minimum atomic E-state index is 0. The zero-order valence-corrected chi connectivity index (χ0v) is 13.9. The molecular formula is C13H23IN4O. The van der Waals surface area contributed by atoms with Gasteiger partial charge in [0, 0.05) is 12.6 Å². The molecule has 1 aliphatic carbocycles. The van der Waals surface area contributed by atoms with Crippen molar-refractivity contribution < 1.29 is 4.52 Å². The summed E-state index contributed by atoms with van der Waals surface area (Å²) >= 11 is 0. The Morgan fingerprint density at radius 1 is 1.58 bits per heavy atom. The zero-order chi connectivity index (χ0) is 13.0. The minimum Gasteiger partial charge on any atom is -0.370 e. The van der Waals surface area contributed by atoms with Crippen molar-refractivity contribution in [1.29, 1.82) is 0 Å². The van der Waals surface area contributed by atoms with E-state index in [4.69, 9.17) is 10.3 Å². The first-order valence-corrected chi connectivity index (χ1v) is 6.64. The standard InChI is InChI=1S/C13H22N4O.HI/c1-9(2)12-6-11(18-17-12)8-16-13(14)15-7-10-4-3-5-10;/h6,9-10H,3-5,7-8H2,1-2H3,(H3,14,15,16);1H. The molecule has 108 valence electrons. The van der Waals surface area contributed by atoms with Crippen LogP contribution in [0.15, 0.2) is 15.6 Å². The van der Waals surface area contributed by atoms with Crippen LogP contribution in [0.4, 0.5) is 0 Å². The molecule has 0 spiro atoms. The Morgan fingerprint density at radius 2 is 2.32 bits per heavy atom. The first-order chi connectivity index (χ1) is 8.65. The summed E-state index contributed by atoms with van der Waals surface area (Å²) in [6.45, 7) is 5.55. The van der Waals surface area contributed by atoms with Crippen LogP contribution in [-0.4, -0.2) is 17.7 Å². The molecule has 1 fully saturated rings. The van der Waals surface area contributed by atoms with E-state index in [9.17, 15) is 0 Å². The Hall–Kier alpha value is -0.790. The number of aliphatic imine (C=N–C) groups is 1. The van der Waals surface area contributed by atoms with Crippen LogP contribution < -0.4 is 11.1 Å². The topological polar surface area (TPSA) is 76.4 Å². The van der Waals surface area contributed by atoms with Crippen LogP contribution in [0, 0.1) is 5.92 Å². The highest BCUT2D eigenvalue weighted by atomic mass is 127. The minimum absolute atomic E-state index is 0. The van der Waals surface area contributed by atoms with Gasteiger partial charge in [0.15, 0.2) is 11.7 Å². The van der Waals surface area contributed by atoms with Gasteiger partial charge in [0.2, 0.25) is 0 Å². The van der Waals surface area contributed by atoms with Crippen molar-refractivity contribution in [1.82, 2.24) is 10.5 Å². The second-order valence-electron chi connectivity index (χ2n) is 5.25. The van der Waals surface area contributed by atoms with Gasteiger partial charge in [-0.05, 0) is 24.7 Å². The van der Waals surface area contributed by atoms with Crippen molar-refractivity contribution in [2.75, 3.05) is 6.54 Å². The van der Waals surface area contributed by atoms with Gasteiger partial charge >= 0.3 is 0 Å². The number of nitrogens with two attached hydrogens (primary N) is 1. The van der Waals surface area contributed by atoms with Gasteiger partial charge in [-0.2, -0.15) is 0 Å². The number of aromatic nitrogens is 1. The lowest BCUT2D eigenvalue weighted by Gasteiger charge is -2.25. The van der Waals surface area contributed by atoms with Gasteiger partial charge in [0.25, 0.3) is 0 Å². The lowest BCUT2D eigenvalue weighted by molar-refractivity contribution is 0.315. The second kappa shape index (κ2) is 7.72. The molecule has 0 aromatic carbocycles. The Bertz CT molecular complexity index is 413. The fraction of sp³-hybridized carbons (Fsp3) is 0.692. The molecule has 0 unspecified atom stereocenters. The van der Waals surface area contributed by atoms with Gasteiger partial charge in [-0.3, -0.25) is 0 Å². The molecule has 0 bridgehead atoms. The quantitative estimate of drug-likeness (QED) is 0.469. The van der Waals surface area contributed by atoms with E-state index >= 15 is 0 Å². The molecule has 19 heavy (non-hydrogen) atoms. The zero-order valence-electron chi connectivity index (χ0n) is 11.6. The predicted octanol–water partition coefficient (Wildman–Crippen LogP) is 2.62. The Balaban J connectivity index is 0.00000180. The largest absolute Gasteiger partial charge is 0.370 e. The van der Waals surface area contributed by atoms with Crippen LogP contribution >= 0.6 is 24.0 Å². The van der Waals surface area contributed by atoms with Gasteiger partial charge in [-0.1, -0.05) is 25.4 Å². The normalized spacial score (nSPS) is 16.1. The van der Waals surface area contributed by atoms with Crippen molar-refractivity contribution in [3.63, 3.8) is 0 Å². The molecule has 5 nitrogen and oxygen atoms in total. The van der Waals surface area contributed by atoms with E-state index in [0.717, 1.165) is 23.9 Å². The fourth-order valence-corrected chi connectivity index (χ4v) is 1.84. The molecule has 0 aliphatic heterocycles. The Labute approximate surface area is 131 Å². The fourth-order valence-electron chi connectivity index (χ4n) is 1.84. The lowest BCUT2D eigenvalue weighted by Crippen LogP contribution is -2.37. The maximum absolute atomic E-state index is 5.79. The number of nitrogens with one attached hydrogen (secondary N) is 1. The van der Waals surface area contributed by atoms with Crippen LogP contribution in [0.3, 0.4) is 0 Å². The number of nitrogens with zero attached hydrogens (tertiary/aromatic N) is 2. The summed E-state index contributed by atoms with van der Waals surface area (Å²) < 4.78 is 5.19. The molecular weight excluding hydrogens is 355 g/mol. The van der Waals surface area contributed by atoms with E-state index in [1.54, 1.807) is 0 Å². The van der Waals surface area contributed by atoms with Crippen LogP contribution in [-0.2, 0) is 6.54 Å². The van der Waals surface area contributed by atoms with E-state index in [1.807, 2.05) is 6.07 Å². The summed E-state index contributed by atoms with van der Waals surface area (Å²) in [6.07, 6.45) is 3.96. The van der Waals surface area contributed by atoms with Crippen molar-refractivity contribution in [3.05, 3.63) is 17.5 Å². The summed E-state index contributed by atoms with van der Waals surface area (Å²) in [7, 11) is 0. The smallest absolute Gasteiger partial charge is 0.189 e. The van der Waals surface area contributed by atoms with Crippen LogP contribution in [0.25, 0.3) is 0 Å². The van der Waals surface area contributed by atoms with Crippen molar-refractivity contribution in [3.8, 4) is 0 Å². The molecule has 1 aliphatic rings. The maximum atomic E-state index is 5.79. The highest BCUT2D eigenvalue weighted by molar-refractivity contribution is 14.0. The SMILES string of the molecule is CC(C)c1cc(CN=C(N)NCC2CCC2)on1.I. The van der Waals surface area contributed by atoms with E-state index in [2.05, 4.69) is 29.3 Å². The first-order valence-electron chi connectivity index (χ1n) is 6.64. The van der Waals surface area contributed by atoms with Crippen molar-refractivity contribution >= 4 is 29.9 Å². The van der Waals surface area contributed by atoms with Gasteiger partial charge in [0.1, 0.15) is 6.54 Å². The van der Waals surface area contributed by atoms with Crippen LogP contribution in [0.2, 0.25) is 0 Å². The summed E-state index contributed by atoms with van der Waals surface area (Å²) in [6, 6.07) is 1.94. The van der Waals surface area contributed by atoms with Gasteiger partial charge in [0.05, 0.1) is 5.69 Å². The number of halogens is 1. The molecule has 6 heteroatoms. The van der Waals surface area contributed by atoms with Crippen LogP contribution in [0.5, 0.6) is 0 Å². The highest BCUT2D eigenvalue weighted by Crippen LogP contribution is 2.24. The third-order valence-electron chi connectivity index (χ3n) is 3.37. The summed E-state index contributed by atoms with van der Waals surface area (Å²) in [4.78, 5) is 4.25. The number of hydrogen-bond donors (Lipinski definition) is 2. The van der Waals surface area contributed by atoms with E-state index < -0.39 is 0 Å². The maximum Gasteiger partial charge on any atom is 0.189 e. The number of hydrogen-bond acceptors (Lipinski definition) is 3. The molecule has 2 rings (SSSR count). The molecule has 0 saturated heterocycles. The van der Waals surface area contributed by atoms with E-state index in [1.165, 1.54) is 19.3 Å². The van der Waals surface area contributed by atoms with Crippen molar-refractivity contribution in [2.45, 2.75) is 45.6 Å². The van der Waals surface area contributed by atoms with E-state index in [0.29, 0.717) is 18.4 Å². The summed E-state index contributed by atoms with van der Waals surface area (Å²) in [5.74, 6) is 2.40. The predicted molar refractivity (Wildman–Crippen MR) is 86.7 cm³/mol. The average molecular weight is 378 g/mol. The third kappa shape index (κ3) is 5.00. The molecule has 3 N–H and O–H groups in total. The average Bonchev–Trinajstić information content (AvgIpc) is 2.73.